The Morgan fingerprint density at radius 3 is 2.92 bits per heavy atom. The van der Waals surface area contributed by atoms with E-state index in [9.17, 15) is 0 Å². The topological polar surface area (TPSA) is 22.1 Å². The van der Waals surface area contributed by atoms with Crippen LogP contribution in [0.5, 0.6) is 5.75 Å². The van der Waals surface area contributed by atoms with Gasteiger partial charge in [0.05, 0.1) is 7.11 Å². The van der Waals surface area contributed by atoms with Gasteiger partial charge in [-0.15, -0.1) is 0 Å². The van der Waals surface area contributed by atoms with Gasteiger partial charge in [-0.1, -0.05) is 0 Å². The Morgan fingerprint density at radius 1 is 1.31 bits per heavy atom. The van der Waals surface area contributed by atoms with Crippen LogP contribution in [0.2, 0.25) is 0 Å². The number of nitrogens with zero attached hydrogens (tertiary/aromatic N) is 1. The molecule has 0 aliphatic carbocycles. The molecule has 2 rings (SSSR count). The van der Waals surface area contributed by atoms with Crippen LogP contribution in [0.15, 0.2) is 30.6 Å². The fourth-order valence-corrected chi connectivity index (χ4v) is 1.86. The van der Waals surface area contributed by atoms with E-state index in [-0.39, 0.29) is 0 Å². The Hall–Kier alpha value is -0.840. The van der Waals surface area contributed by atoms with E-state index in [4.69, 9.17) is 4.74 Å². The van der Waals surface area contributed by atoms with E-state index < -0.39 is 0 Å². The van der Waals surface area contributed by atoms with Gasteiger partial charge in [0, 0.05) is 26.7 Å². The number of halogens is 1. The number of aromatic nitrogens is 1. The summed E-state index contributed by atoms with van der Waals surface area (Å²) < 4.78 is 6.30. The van der Waals surface area contributed by atoms with Crippen molar-refractivity contribution >= 4 is 33.4 Å². The smallest absolute Gasteiger partial charge is 0.119 e. The van der Waals surface area contributed by atoms with E-state index in [1.165, 1.54) is 5.39 Å². The van der Waals surface area contributed by atoms with Crippen molar-refractivity contribution in [3.8, 4) is 5.75 Å². The summed E-state index contributed by atoms with van der Waals surface area (Å²) in [7, 11) is 1.68. The fraction of sp³-hybridized carbons (Fsp3) is 0.100. The summed E-state index contributed by atoms with van der Waals surface area (Å²) >= 11 is 2.27. The van der Waals surface area contributed by atoms with Gasteiger partial charge in [0.15, 0.2) is 0 Å². The van der Waals surface area contributed by atoms with E-state index in [0.717, 1.165) is 14.7 Å². The first-order valence-corrected chi connectivity index (χ1v) is 4.96. The average molecular weight is 285 g/mol. The minimum absolute atomic E-state index is 0.886. The maximum Gasteiger partial charge on any atom is 0.119 e. The second kappa shape index (κ2) is 3.49. The van der Waals surface area contributed by atoms with Crippen LogP contribution in [0.1, 0.15) is 0 Å². The lowest BCUT2D eigenvalue weighted by molar-refractivity contribution is 0.415. The molecular weight excluding hydrogens is 277 g/mol. The molecule has 0 spiro atoms. The zero-order chi connectivity index (χ0) is 9.26. The zero-order valence-electron chi connectivity index (χ0n) is 7.12. The van der Waals surface area contributed by atoms with Gasteiger partial charge in [-0.25, -0.2) is 0 Å². The van der Waals surface area contributed by atoms with Gasteiger partial charge < -0.3 is 4.74 Å². The molecule has 0 amide bonds. The molecule has 0 fully saturated rings. The maximum atomic E-state index is 5.15. The first kappa shape index (κ1) is 8.74. The molecule has 66 valence electrons. The number of hydrogen-bond donors (Lipinski definition) is 0. The van der Waals surface area contributed by atoms with E-state index in [1.54, 1.807) is 7.11 Å². The number of pyridine rings is 1. The molecule has 1 aromatic carbocycles. The normalized spacial score (nSPS) is 10.3. The summed E-state index contributed by atoms with van der Waals surface area (Å²) in [4.78, 5) is 4.12. The van der Waals surface area contributed by atoms with Crippen LogP contribution in [0.4, 0.5) is 0 Å². The van der Waals surface area contributed by atoms with Crippen molar-refractivity contribution in [1.29, 1.82) is 0 Å². The number of fused-ring (bicyclic) bond motifs is 1. The molecule has 2 aromatic rings. The molecule has 0 unspecified atom stereocenters. The molecule has 0 saturated heterocycles. The lowest BCUT2D eigenvalue weighted by Crippen LogP contribution is -1.85. The van der Waals surface area contributed by atoms with Gasteiger partial charge in [-0.2, -0.15) is 0 Å². The third-order valence-corrected chi connectivity index (χ3v) is 2.78. The number of benzene rings is 1. The van der Waals surface area contributed by atoms with E-state index in [1.807, 2.05) is 30.6 Å². The monoisotopic (exact) mass is 285 g/mol. The molecule has 0 bridgehead atoms. The van der Waals surface area contributed by atoms with Crippen molar-refractivity contribution in [2.45, 2.75) is 0 Å². The quantitative estimate of drug-likeness (QED) is 0.752. The highest BCUT2D eigenvalue weighted by Gasteiger charge is 1.99. The molecule has 0 aliphatic rings. The van der Waals surface area contributed by atoms with Crippen molar-refractivity contribution in [2.75, 3.05) is 7.11 Å². The van der Waals surface area contributed by atoms with Crippen LogP contribution >= 0.6 is 22.6 Å². The molecule has 0 atom stereocenters. The van der Waals surface area contributed by atoms with Crippen molar-refractivity contribution in [3.63, 3.8) is 0 Å². The first-order chi connectivity index (χ1) is 6.31. The molecule has 13 heavy (non-hydrogen) atoms. The number of methoxy groups -OCH3 is 1. The van der Waals surface area contributed by atoms with Crippen molar-refractivity contribution in [2.24, 2.45) is 0 Å². The summed E-state index contributed by atoms with van der Waals surface area (Å²) in [5.74, 6) is 0.886. The molecular formula is C10H8INO. The molecule has 1 heterocycles. The summed E-state index contributed by atoms with van der Waals surface area (Å²) in [5, 5.41) is 2.34. The van der Waals surface area contributed by atoms with Crippen molar-refractivity contribution in [3.05, 3.63) is 34.2 Å². The van der Waals surface area contributed by atoms with Crippen LogP contribution in [0.3, 0.4) is 0 Å². The number of rotatable bonds is 1. The molecule has 0 radical (unpaired) electrons. The van der Waals surface area contributed by atoms with Crippen LogP contribution in [-0.2, 0) is 0 Å². The van der Waals surface area contributed by atoms with Crippen LogP contribution in [0.25, 0.3) is 10.8 Å². The van der Waals surface area contributed by atoms with Gasteiger partial charge in [0.25, 0.3) is 0 Å². The second-order valence-electron chi connectivity index (χ2n) is 2.71. The Balaban J connectivity index is 2.74. The lowest BCUT2D eigenvalue weighted by Gasteiger charge is -2.02. The summed E-state index contributed by atoms with van der Waals surface area (Å²) in [6.07, 6.45) is 3.71. The van der Waals surface area contributed by atoms with Crippen LogP contribution < -0.4 is 4.74 Å². The van der Waals surface area contributed by atoms with Crippen molar-refractivity contribution in [1.82, 2.24) is 4.98 Å². The third kappa shape index (κ3) is 1.60. The van der Waals surface area contributed by atoms with E-state index in [0.29, 0.717) is 0 Å². The fourth-order valence-electron chi connectivity index (χ4n) is 1.23. The summed E-state index contributed by atoms with van der Waals surface area (Å²) in [6, 6.07) is 5.99. The highest BCUT2D eigenvalue weighted by Crippen LogP contribution is 2.23. The van der Waals surface area contributed by atoms with E-state index in [2.05, 4.69) is 27.6 Å². The Bertz CT molecular complexity index is 442. The average Bonchev–Trinajstić information content (AvgIpc) is 2.18. The van der Waals surface area contributed by atoms with Gasteiger partial charge >= 0.3 is 0 Å². The number of ether oxygens (including phenoxy) is 1. The summed E-state index contributed by atoms with van der Waals surface area (Å²) in [5.41, 5.74) is 0. The molecule has 0 aliphatic heterocycles. The second-order valence-corrected chi connectivity index (χ2v) is 3.87. The molecule has 1 aromatic heterocycles. The van der Waals surface area contributed by atoms with Crippen LogP contribution in [0, 0.1) is 3.57 Å². The standard InChI is InChI=1S/C10H8INO/c1-13-8-3-2-7-5-12-6-10(11)9(7)4-8/h2-6H,1H3. The SMILES string of the molecule is COc1ccc2cncc(I)c2c1. The Labute approximate surface area is 90.1 Å². The number of hydrogen-bond acceptors (Lipinski definition) is 2. The Kier molecular flexibility index (Phi) is 2.35. The van der Waals surface area contributed by atoms with Crippen molar-refractivity contribution < 1.29 is 4.74 Å². The van der Waals surface area contributed by atoms with Crippen LogP contribution in [-0.4, -0.2) is 12.1 Å². The lowest BCUT2D eigenvalue weighted by atomic mass is 10.2. The largest absolute Gasteiger partial charge is 0.497 e. The third-order valence-electron chi connectivity index (χ3n) is 1.92. The maximum absolute atomic E-state index is 5.15. The van der Waals surface area contributed by atoms with Gasteiger partial charge in [-0.05, 0) is 40.8 Å². The minimum Gasteiger partial charge on any atom is -0.497 e. The highest BCUT2D eigenvalue weighted by atomic mass is 127. The molecule has 0 saturated carbocycles. The minimum atomic E-state index is 0.886. The van der Waals surface area contributed by atoms with Gasteiger partial charge in [0.2, 0.25) is 0 Å². The Morgan fingerprint density at radius 2 is 2.15 bits per heavy atom. The van der Waals surface area contributed by atoms with E-state index >= 15 is 0 Å². The van der Waals surface area contributed by atoms with Gasteiger partial charge in [0.1, 0.15) is 5.75 Å². The predicted octanol–water partition coefficient (Wildman–Crippen LogP) is 2.85. The zero-order valence-corrected chi connectivity index (χ0v) is 9.28. The van der Waals surface area contributed by atoms with Gasteiger partial charge in [-0.3, -0.25) is 4.98 Å². The first-order valence-electron chi connectivity index (χ1n) is 3.88. The summed E-state index contributed by atoms with van der Waals surface area (Å²) in [6.45, 7) is 0. The molecule has 0 N–H and O–H groups in total. The molecule has 2 nitrogen and oxygen atoms in total. The highest BCUT2D eigenvalue weighted by molar-refractivity contribution is 14.1. The molecule has 3 heteroatoms. The predicted molar refractivity (Wildman–Crippen MR) is 61.0 cm³/mol.